The maximum absolute atomic E-state index is 13.6. The van der Waals surface area contributed by atoms with E-state index in [2.05, 4.69) is 15.9 Å². The van der Waals surface area contributed by atoms with E-state index in [9.17, 15) is 26.3 Å². The Hall–Kier alpha value is -0.470. The van der Waals surface area contributed by atoms with Crippen LogP contribution in [-0.4, -0.2) is 19.1 Å². The van der Waals surface area contributed by atoms with Gasteiger partial charge in [-0.3, -0.25) is 0 Å². The molecule has 1 unspecified atom stereocenters. The summed E-state index contributed by atoms with van der Waals surface area (Å²) in [6, 6.07) is -1.12. The molecule has 0 fully saturated rings. The van der Waals surface area contributed by atoms with Gasteiger partial charge >= 0.3 is 12.1 Å². The van der Waals surface area contributed by atoms with Gasteiger partial charge in [0.15, 0.2) is 0 Å². The zero-order valence-electron chi connectivity index (χ0n) is 9.26. The van der Waals surface area contributed by atoms with Gasteiger partial charge in [-0.05, 0) is 35.1 Å². The Bertz CT molecular complexity index is 476. The van der Waals surface area contributed by atoms with Crippen LogP contribution in [0, 0.1) is 5.82 Å². The molecule has 0 aromatic heterocycles. The van der Waals surface area contributed by atoms with Crippen LogP contribution in [0.5, 0.6) is 0 Å². The summed E-state index contributed by atoms with van der Waals surface area (Å²) in [6.07, 6.45) is -5.81. The lowest BCUT2D eigenvalue weighted by Crippen LogP contribution is -2.47. The molecule has 0 saturated heterocycles. The molecule has 108 valence electrons. The number of hydrogen-bond acceptors (Lipinski definition) is 1. The van der Waals surface area contributed by atoms with E-state index in [1.807, 2.05) is 0 Å². The maximum atomic E-state index is 13.6. The highest BCUT2D eigenvalue weighted by Crippen LogP contribution is 2.45. The van der Waals surface area contributed by atoms with Crippen molar-refractivity contribution in [2.75, 3.05) is 7.05 Å². The monoisotopic (exact) mass is 369 g/mol. The number of alkyl halides is 5. The topological polar surface area (TPSA) is 12.0 Å². The molecule has 0 radical (unpaired) electrons. The first-order chi connectivity index (χ1) is 8.52. The quantitative estimate of drug-likeness (QED) is 0.601. The SMILES string of the molecule is CNC(c1cc(Cl)c(Br)cc1F)C(F)(F)C(F)(F)F. The van der Waals surface area contributed by atoms with Crippen molar-refractivity contribution in [3.05, 3.63) is 33.0 Å². The molecule has 19 heavy (non-hydrogen) atoms. The molecule has 0 aliphatic rings. The van der Waals surface area contributed by atoms with Crippen LogP contribution in [0.2, 0.25) is 5.02 Å². The minimum absolute atomic E-state index is 0.0561. The van der Waals surface area contributed by atoms with Gasteiger partial charge in [0.2, 0.25) is 0 Å². The van der Waals surface area contributed by atoms with Crippen LogP contribution in [0.25, 0.3) is 0 Å². The lowest BCUT2D eigenvalue weighted by Gasteiger charge is -2.29. The van der Waals surface area contributed by atoms with Gasteiger partial charge in [0.1, 0.15) is 11.9 Å². The second kappa shape index (κ2) is 5.49. The molecule has 9 heteroatoms. The highest BCUT2D eigenvalue weighted by molar-refractivity contribution is 9.10. The van der Waals surface area contributed by atoms with Crippen molar-refractivity contribution >= 4 is 27.5 Å². The van der Waals surface area contributed by atoms with Crippen LogP contribution in [0.3, 0.4) is 0 Å². The molecule has 0 amide bonds. The lowest BCUT2D eigenvalue weighted by molar-refractivity contribution is -0.294. The summed E-state index contributed by atoms with van der Waals surface area (Å²) >= 11 is 8.42. The van der Waals surface area contributed by atoms with Crippen molar-refractivity contribution in [3.63, 3.8) is 0 Å². The number of nitrogens with one attached hydrogen (secondary N) is 1. The van der Waals surface area contributed by atoms with Crippen molar-refractivity contribution in [1.82, 2.24) is 5.32 Å². The molecular formula is C10H7BrClF6N. The summed E-state index contributed by atoms with van der Waals surface area (Å²) < 4.78 is 77.1. The lowest BCUT2D eigenvalue weighted by atomic mass is 9.99. The van der Waals surface area contributed by atoms with Crippen LogP contribution in [0.1, 0.15) is 11.6 Å². The van der Waals surface area contributed by atoms with Crippen LogP contribution < -0.4 is 5.32 Å². The first-order valence-corrected chi connectivity index (χ1v) is 5.95. The first-order valence-electron chi connectivity index (χ1n) is 4.78. The molecule has 0 aliphatic carbocycles. The fourth-order valence-electron chi connectivity index (χ4n) is 1.45. The van der Waals surface area contributed by atoms with Gasteiger partial charge in [-0.25, -0.2) is 4.39 Å². The number of halogens is 8. The van der Waals surface area contributed by atoms with E-state index >= 15 is 0 Å². The summed E-state index contributed by atoms with van der Waals surface area (Å²) in [7, 11) is 0.875. The highest BCUT2D eigenvalue weighted by Gasteiger charge is 2.62. The zero-order chi connectivity index (χ0) is 15.0. The first kappa shape index (κ1) is 16.6. The minimum Gasteiger partial charge on any atom is -0.308 e. The second-order valence-corrected chi connectivity index (χ2v) is 4.89. The van der Waals surface area contributed by atoms with Gasteiger partial charge in [-0.1, -0.05) is 11.6 Å². The van der Waals surface area contributed by atoms with Gasteiger partial charge in [0.05, 0.1) is 5.02 Å². The summed E-state index contributed by atoms with van der Waals surface area (Å²) in [5, 5.41) is 1.60. The fourth-order valence-corrected chi connectivity index (χ4v) is 1.94. The Morgan fingerprint density at radius 2 is 1.74 bits per heavy atom. The van der Waals surface area contributed by atoms with Crippen molar-refractivity contribution < 1.29 is 26.3 Å². The number of rotatable bonds is 3. The molecule has 0 spiro atoms. The number of benzene rings is 1. The third-order valence-electron chi connectivity index (χ3n) is 2.38. The Morgan fingerprint density at radius 1 is 1.21 bits per heavy atom. The zero-order valence-corrected chi connectivity index (χ0v) is 11.6. The summed E-state index contributed by atoms with van der Waals surface area (Å²) in [4.78, 5) is 0. The summed E-state index contributed by atoms with van der Waals surface area (Å²) in [6.45, 7) is 0. The van der Waals surface area contributed by atoms with Gasteiger partial charge in [0, 0.05) is 10.0 Å². The average molecular weight is 371 g/mol. The molecule has 1 aromatic rings. The fraction of sp³-hybridized carbons (Fsp3) is 0.400. The Morgan fingerprint density at radius 3 is 2.16 bits per heavy atom. The summed E-state index contributed by atoms with van der Waals surface area (Å²) in [5.41, 5.74) is -0.863. The van der Waals surface area contributed by atoms with Crippen LogP contribution in [0.4, 0.5) is 26.3 Å². The molecule has 0 heterocycles. The predicted molar refractivity (Wildman–Crippen MR) is 61.9 cm³/mol. The Balaban J connectivity index is 3.37. The standard InChI is InChI=1S/C10H7BrClF6N/c1-19-8(9(14,15)10(16,17)18)4-2-6(12)5(11)3-7(4)13/h2-3,8,19H,1H3. The van der Waals surface area contributed by atoms with E-state index in [4.69, 9.17) is 11.6 Å². The Labute approximate surface area is 118 Å². The molecule has 1 rings (SSSR count). The third-order valence-corrected chi connectivity index (χ3v) is 3.58. The molecule has 1 atom stereocenters. The van der Waals surface area contributed by atoms with E-state index in [1.165, 1.54) is 0 Å². The highest BCUT2D eigenvalue weighted by atomic mass is 79.9. The average Bonchev–Trinajstić information content (AvgIpc) is 2.24. The number of hydrogen-bond donors (Lipinski definition) is 1. The summed E-state index contributed by atoms with van der Waals surface area (Å²) in [5.74, 6) is -6.36. The van der Waals surface area contributed by atoms with Crippen LogP contribution in [0.15, 0.2) is 16.6 Å². The van der Waals surface area contributed by atoms with Gasteiger partial charge in [-0.15, -0.1) is 0 Å². The third kappa shape index (κ3) is 3.17. The van der Waals surface area contributed by atoms with E-state index in [-0.39, 0.29) is 9.50 Å². The molecule has 0 bridgehead atoms. The normalized spacial score (nSPS) is 14.6. The van der Waals surface area contributed by atoms with Crippen LogP contribution >= 0.6 is 27.5 Å². The molecule has 1 nitrogen and oxygen atoms in total. The minimum atomic E-state index is -5.81. The molecule has 0 aliphatic heterocycles. The van der Waals surface area contributed by atoms with E-state index in [1.54, 1.807) is 5.32 Å². The molecule has 1 aromatic carbocycles. The molecular weight excluding hydrogens is 363 g/mol. The largest absolute Gasteiger partial charge is 0.455 e. The second-order valence-electron chi connectivity index (χ2n) is 3.63. The van der Waals surface area contributed by atoms with Gasteiger partial charge in [-0.2, -0.15) is 22.0 Å². The predicted octanol–water partition coefficient (Wildman–Crippen LogP) is 4.70. The molecule has 0 saturated carbocycles. The van der Waals surface area contributed by atoms with E-state index < -0.39 is 29.5 Å². The van der Waals surface area contributed by atoms with Crippen molar-refractivity contribution in [2.45, 2.75) is 18.1 Å². The maximum Gasteiger partial charge on any atom is 0.455 e. The van der Waals surface area contributed by atoms with Crippen molar-refractivity contribution in [3.8, 4) is 0 Å². The Kier molecular flexibility index (Phi) is 4.79. The van der Waals surface area contributed by atoms with E-state index in [0.29, 0.717) is 0 Å². The smallest absolute Gasteiger partial charge is 0.308 e. The van der Waals surface area contributed by atoms with E-state index in [0.717, 1.165) is 19.2 Å². The van der Waals surface area contributed by atoms with Crippen molar-refractivity contribution in [1.29, 1.82) is 0 Å². The van der Waals surface area contributed by atoms with Crippen LogP contribution in [-0.2, 0) is 0 Å². The van der Waals surface area contributed by atoms with Gasteiger partial charge in [0.25, 0.3) is 0 Å². The van der Waals surface area contributed by atoms with Crippen molar-refractivity contribution in [2.24, 2.45) is 0 Å². The molecule has 1 N–H and O–H groups in total. The van der Waals surface area contributed by atoms with Gasteiger partial charge < -0.3 is 5.32 Å².